The summed E-state index contributed by atoms with van der Waals surface area (Å²) in [6.45, 7) is 0. The fourth-order valence-electron chi connectivity index (χ4n) is 1.31. The van der Waals surface area contributed by atoms with Gasteiger partial charge in [0.1, 0.15) is 5.82 Å². The summed E-state index contributed by atoms with van der Waals surface area (Å²) in [6, 6.07) is 7.46. The fraction of sp³-hybridized carbons (Fsp3) is 0.0909. The van der Waals surface area contributed by atoms with Crippen molar-refractivity contribution < 1.29 is 0 Å². The smallest absolute Gasteiger partial charge is 0.161 e. The molecule has 0 aliphatic rings. The number of nitrogens with zero attached hydrogens (tertiary/aromatic N) is 2. The predicted molar refractivity (Wildman–Crippen MR) is 69.7 cm³/mol. The lowest BCUT2D eigenvalue weighted by molar-refractivity contribution is 1.15. The second-order valence-corrected chi connectivity index (χ2v) is 4.44. The standard InChI is InChI=1S/C11H9BrClN3/c1-14-11-9(12)6-15-10(16-11)7-3-2-4-8(13)5-7/h2-6H,1H3,(H,14,15,16). The number of benzene rings is 1. The number of aromatic nitrogens is 2. The van der Waals surface area contributed by atoms with Gasteiger partial charge in [-0.15, -0.1) is 0 Å². The van der Waals surface area contributed by atoms with Crippen LogP contribution in [0.1, 0.15) is 0 Å². The third-order valence-corrected chi connectivity index (χ3v) is 2.88. The summed E-state index contributed by atoms with van der Waals surface area (Å²) in [5.41, 5.74) is 0.900. The summed E-state index contributed by atoms with van der Waals surface area (Å²) >= 11 is 9.28. The zero-order valence-electron chi connectivity index (χ0n) is 8.54. The van der Waals surface area contributed by atoms with Gasteiger partial charge in [0.05, 0.1) is 4.47 Å². The van der Waals surface area contributed by atoms with Crippen LogP contribution in [0.4, 0.5) is 5.82 Å². The topological polar surface area (TPSA) is 37.8 Å². The molecule has 0 fully saturated rings. The van der Waals surface area contributed by atoms with Crippen molar-refractivity contribution in [3.63, 3.8) is 0 Å². The second-order valence-electron chi connectivity index (χ2n) is 3.15. The third-order valence-electron chi connectivity index (χ3n) is 2.06. The number of nitrogens with one attached hydrogen (secondary N) is 1. The maximum atomic E-state index is 5.92. The zero-order chi connectivity index (χ0) is 11.5. The van der Waals surface area contributed by atoms with E-state index < -0.39 is 0 Å². The molecule has 2 aromatic rings. The highest BCUT2D eigenvalue weighted by molar-refractivity contribution is 9.10. The van der Waals surface area contributed by atoms with Gasteiger partial charge in [-0.3, -0.25) is 0 Å². The Morgan fingerprint density at radius 2 is 2.19 bits per heavy atom. The van der Waals surface area contributed by atoms with Gasteiger partial charge >= 0.3 is 0 Å². The Kier molecular flexibility index (Phi) is 3.41. The largest absolute Gasteiger partial charge is 0.372 e. The first-order chi connectivity index (χ1) is 7.70. The minimum absolute atomic E-state index is 0.648. The van der Waals surface area contributed by atoms with E-state index in [1.807, 2.05) is 31.3 Å². The van der Waals surface area contributed by atoms with E-state index in [4.69, 9.17) is 11.6 Å². The molecule has 1 N–H and O–H groups in total. The summed E-state index contributed by atoms with van der Waals surface area (Å²) in [5.74, 6) is 1.40. The van der Waals surface area contributed by atoms with Gasteiger partial charge in [-0.1, -0.05) is 23.7 Å². The number of hydrogen-bond donors (Lipinski definition) is 1. The van der Waals surface area contributed by atoms with Crippen LogP contribution in [-0.4, -0.2) is 17.0 Å². The van der Waals surface area contributed by atoms with E-state index in [0.717, 1.165) is 15.9 Å². The summed E-state index contributed by atoms with van der Waals surface area (Å²) in [6.07, 6.45) is 1.72. The molecule has 0 bridgehead atoms. The van der Waals surface area contributed by atoms with Crippen molar-refractivity contribution in [3.05, 3.63) is 40.0 Å². The molecule has 0 amide bonds. The first-order valence-electron chi connectivity index (χ1n) is 4.67. The number of halogens is 2. The van der Waals surface area contributed by atoms with Crippen LogP contribution in [0.3, 0.4) is 0 Å². The SMILES string of the molecule is CNc1nc(-c2cccc(Cl)c2)ncc1Br. The monoisotopic (exact) mass is 297 g/mol. The van der Waals surface area contributed by atoms with Gasteiger partial charge in [0.2, 0.25) is 0 Å². The highest BCUT2D eigenvalue weighted by Crippen LogP contribution is 2.24. The number of rotatable bonds is 2. The molecule has 0 aliphatic carbocycles. The molecule has 1 aromatic carbocycles. The number of hydrogen-bond acceptors (Lipinski definition) is 3. The summed E-state index contributed by atoms with van der Waals surface area (Å²) < 4.78 is 0.834. The Labute approximate surface area is 107 Å². The summed E-state index contributed by atoms with van der Waals surface area (Å²) in [4.78, 5) is 8.62. The fourth-order valence-corrected chi connectivity index (χ4v) is 1.89. The van der Waals surface area contributed by atoms with Crippen molar-refractivity contribution in [2.24, 2.45) is 0 Å². The van der Waals surface area contributed by atoms with E-state index in [9.17, 15) is 0 Å². The molecule has 0 saturated heterocycles. The summed E-state index contributed by atoms with van der Waals surface area (Å²) in [7, 11) is 1.81. The van der Waals surface area contributed by atoms with Crippen molar-refractivity contribution in [1.29, 1.82) is 0 Å². The molecule has 16 heavy (non-hydrogen) atoms. The zero-order valence-corrected chi connectivity index (χ0v) is 10.9. The molecule has 0 radical (unpaired) electrons. The molecule has 2 rings (SSSR count). The van der Waals surface area contributed by atoms with Crippen LogP contribution in [0.15, 0.2) is 34.9 Å². The van der Waals surface area contributed by atoms with E-state index in [-0.39, 0.29) is 0 Å². The van der Waals surface area contributed by atoms with Crippen molar-refractivity contribution in [1.82, 2.24) is 9.97 Å². The first-order valence-corrected chi connectivity index (χ1v) is 5.84. The molecule has 82 valence electrons. The normalized spacial score (nSPS) is 10.2. The highest BCUT2D eigenvalue weighted by Gasteiger charge is 2.05. The first kappa shape index (κ1) is 11.4. The molecule has 1 heterocycles. The molecule has 3 nitrogen and oxygen atoms in total. The van der Waals surface area contributed by atoms with Gasteiger partial charge in [-0.2, -0.15) is 0 Å². The average molecular weight is 299 g/mol. The third kappa shape index (κ3) is 2.33. The molecule has 0 atom stereocenters. The number of anilines is 1. The van der Waals surface area contributed by atoms with Gasteiger partial charge in [0.25, 0.3) is 0 Å². The van der Waals surface area contributed by atoms with E-state index in [2.05, 4.69) is 31.2 Å². The van der Waals surface area contributed by atoms with Crippen LogP contribution < -0.4 is 5.32 Å². The van der Waals surface area contributed by atoms with Crippen LogP contribution in [0.5, 0.6) is 0 Å². The van der Waals surface area contributed by atoms with Crippen LogP contribution in [-0.2, 0) is 0 Å². The van der Waals surface area contributed by atoms with Crippen molar-refractivity contribution in [2.45, 2.75) is 0 Å². The van der Waals surface area contributed by atoms with Crippen molar-refractivity contribution in [2.75, 3.05) is 12.4 Å². The second kappa shape index (κ2) is 4.80. The van der Waals surface area contributed by atoms with E-state index in [0.29, 0.717) is 10.8 Å². The van der Waals surface area contributed by atoms with Crippen LogP contribution in [0, 0.1) is 0 Å². The molecular weight excluding hydrogens is 289 g/mol. The van der Waals surface area contributed by atoms with Crippen LogP contribution >= 0.6 is 27.5 Å². The van der Waals surface area contributed by atoms with Gasteiger partial charge in [-0.05, 0) is 28.1 Å². The van der Waals surface area contributed by atoms with Crippen molar-refractivity contribution in [3.8, 4) is 11.4 Å². The van der Waals surface area contributed by atoms with Crippen LogP contribution in [0.2, 0.25) is 5.02 Å². The maximum Gasteiger partial charge on any atom is 0.161 e. The minimum atomic E-state index is 0.648. The summed E-state index contributed by atoms with van der Waals surface area (Å²) in [5, 5.41) is 3.66. The molecule has 0 spiro atoms. The lowest BCUT2D eigenvalue weighted by atomic mass is 10.2. The van der Waals surface area contributed by atoms with Gasteiger partial charge < -0.3 is 5.32 Å². The Morgan fingerprint density at radius 1 is 1.38 bits per heavy atom. The molecule has 0 saturated carbocycles. The van der Waals surface area contributed by atoms with Crippen molar-refractivity contribution >= 4 is 33.3 Å². The minimum Gasteiger partial charge on any atom is -0.372 e. The van der Waals surface area contributed by atoms with E-state index in [1.54, 1.807) is 6.20 Å². The molecule has 0 unspecified atom stereocenters. The molecule has 1 aromatic heterocycles. The Morgan fingerprint density at radius 3 is 2.88 bits per heavy atom. The lowest BCUT2D eigenvalue weighted by Crippen LogP contribution is -1.97. The molecular formula is C11H9BrClN3. The quantitative estimate of drug-likeness (QED) is 0.920. The lowest BCUT2D eigenvalue weighted by Gasteiger charge is -2.05. The Bertz CT molecular complexity index is 516. The predicted octanol–water partition coefficient (Wildman–Crippen LogP) is 3.60. The Hall–Kier alpha value is -1.13. The van der Waals surface area contributed by atoms with Gasteiger partial charge in [-0.25, -0.2) is 9.97 Å². The van der Waals surface area contributed by atoms with Crippen LogP contribution in [0.25, 0.3) is 11.4 Å². The molecule has 5 heteroatoms. The van der Waals surface area contributed by atoms with E-state index >= 15 is 0 Å². The highest BCUT2D eigenvalue weighted by atomic mass is 79.9. The Balaban J connectivity index is 2.48. The van der Waals surface area contributed by atoms with Gasteiger partial charge in [0.15, 0.2) is 5.82 Å². The average Bonchev–Trinajstić information content (AvgIpc) is 2.29. The maximum absolute atomic E-state index is 5.92. The molecule has 0 aliphatic heterocycles. The van der Waals surface area contributed by atoms with E-state index in [1.165, 1.54) is 0 Å². The van der Waals surface area contributed by atoms with Gasteiger partial charge in [0, 0.05) is 23.8 Å².